The lowest BCUT2D eigenvalue weighted by atomic mass is 10.1. The number of rotatable bonds is 8. The van der Waals surface area contributed by atoms with Gasteiger partial charge in [-0.1, -0.05) is 25.4 Å². The van der Waals surface area contributed by atoms with Crippen molar-refractivity contribution in [3.63, 3.8) is 0 Å². The Hall–Kier alpha value is -0.730. The number of hydrogen-bond acceptors (Lipinski definition) is 2. The Morgan fingerprint density at radius 1 is 1.05 bits per heavy atom. The van der Waals surface area contributed by atoms with Crippen LogP contribution in [0.2, 0.25) is 5.02 Å². The van der Waals surface area contributed by atoms with E-state index in [1.54, 1.807) is 0 Å². The molecule has 0 amide bonds. The number of hydrogen-bond donors (Lipinski definition) is 0. The highest BCUT2D eigenvalue weighted by molar-refractivity contribution is 6.30. The highest BCUT2D eigenvalue weighted by Gasteiger charge is 2.05. The van der Waals surface area contributed by atoms with Gasteiger partial charge in [-0.25, -0.2) is 0 Å². The van der Waals surface area contributed by atoms with Crippen molar-refractivity contribution in [3.05, 3.63) is 28.3 Å². The molecule has 2 nitrogen and oxygen atoms in total. The maximum atomic E-state index is 6.01. The summed E-state index contributed by atoms with van der Waals surface area (Å²) < 4.78 is 5.89. The van der Waals surface area contributed by atoms with Gasteiger partial charge in [0.25, 0.3) is 0 Å². The normalized spacial score (nSPS) is 11.1. The fourth-order valence-corrected chi connectivity index (χ4v) is 2.60. The Balaban J connectivity index is 2.34. The molecular formula is C16H26ClNO. The van der Waals surface area contributed by atoms with Gasteiger partial charge in [-0.05, 0) is 69.6 Å². The lowest BCUT2D eigenvalue weighted by Gasteiger charge is -2.18. The van der Waals surface area contributed by atoms with E-state index in [0.717, 1.165) is 54.6 Å². The molecule has 108 valence electrons. The first-order chi connectivity index (χ1) is 9.08. The zero-order chi connectivity index (χ0) is 14.3. The van der Waals surface area contributed by atoms with E-state index < -0.39 is 0 Å². The second-order valence-corrected chi connectivity index (χ2v) is 5.39. The molecule has 0 aliphatic rings. The van der Waals surface area contributed by atoms with Crippen LogP contribution in [0.25, 0.3) is 0 Å². The number of aryl methyl sites for hydroxylation is 2. The summed E-state index contributed by atoms with van der Waals surface area (Å²) in [5.74, 6) is 0.993. The fourth-order valence-electron chi connectivity index (χ4n) is 2.28. The minimum atomic E-state index is 0.781. The van der Waals surface area contributed by atoms with Crippen molar-refractivity contribution in [2.45, 2.75) is 40.5 Å². The van der Waals surface area contributed by atoms with Gasteiger partial charge < -0.3 is 9.64 Å². The minimum absolute atomic E-state index is 0.781. The molecule has 0 N–H and O–H groups in total. The van der Waals surface area contributed by atoms with Crippen molar-refractivity contribution < 1.29 is 4.74 Å². The molecule has 0 radical (unpaired) electrons. The van der Waals surface area contributed by atoms with E-state index in [4.69, 9.17) is 16.3 Å². The first-order valence-corrected chi connectivity index (χ1v) is 7.58. The molecule has 1 aromatic carbocycles. The summed E-state index contributed by atoms with van der Waals surface area (Å²) in [4.78, 5) is 2.44. The van der Waals surface area contributed by atoms with E-state index in [-0.39, 0.29) is 0 Å². The van der Waals surface area contributed by atoms with Gasteiger partial charge in [0.15, 0.2) is 0 Å². The summed E-state index contributed by atoms with van der Waals surface area (Å²) in [6.07, 6.45) is 2.28. The SMILES string of the molecule is CCN(CC)CCCCOc1c(C)cc(Cl)cc1C. The van der Waals surface area contributed by atoms with E-state index in [9.17, 15) is 0 Å². The highest BCUT2D eigenvalue weighted by Crippen LogP contribution is 2.27. The van der Waals surface area contributed by atoms with Crippen molar-refractivity contribution in [2.24, 2.45) is 0 Å². The van der Waals surface area contributed by atoms with E-state index in [1.807, 2.05) is 26.0 Å². The lowest BCUT2D eigenvalue weighted by molar-refractivity contribution is 0.264. The summed E-state index contributed by atoms with van der Waals surface area (Å²) in [6, 6.07) is 3.92. The second kappa shape index (κ2) is 8.44. The Bertz CT molecular complexity index is 365. The van der Waals surface area contributed by atoms with Crippen LogP contribution in [-0.2, 0) is 0 Å². The Morgan fingerprint density at radius 3 is 2.16 bits per heavy atom. The number of halogens is 1. The Morgan fingerprint density at radius 2 is 1.63 bits per heavy atom. The third-order valence-corrected chi connectivity index (χ3v) is 3.65. The molecule has 0 spiro atoms. The number of benzene rings is 1. The molecule has 0 aromatic heterocycles. The fraction of sp³-hybridized carbons (Fsp3) is 0.625. The van der Waals surface area contributed by atoms with E-state index in [2.05, 4.69) is 18.7 Å². The topological polar surface area (TPSA) is 12.5 Å². The third kappa shape index (κ3) is 5.42. The molecule has 1 aromatic rings. The number of unbranched alkanes of at least 4 members (excludes halogenated alkanes) is 1. The van der Waals surface area contributed by atoms with Gasteiger partial charge in [-0.2, -0.15) is 0 Å². The maximum Gasteiger partial charge on any atom is 0.125 e. The van der Waals surface area contributed by atoms with E-state index >= 15 is 0 Å². The van der Waals surface area contributed by atoms with Crippen LogP contribution >= 0.6 is 11.6 Å². The van der Waals surface area contributed by atoms with E-state index in [1.165, 1.54) is 6.42 Å². The van der Waals surface area contributed by atoms with Crippen LogP contribution in [-0.4, -0.2) is 31.1 Å². The molecule has 19 heavy (non-hydrogen) atoms. The predicted octanol–water partition coefficient (Wildman–Crippen LogP) is 4.46. The largest absolute Gasteiger partial charge is 0.493 e. The monoisotopic (exact) mass is 283 g/mol. The van der Waals surface area contributed by atoms with Gasteiger partial charge in [0.05, 0.1) is 6.61 Å². The molecule has 0 saturated carbocycles. The predicted molar refractivity (Wildman–Crippen MR) is 83.4 cm³/mol. The average Bonchev–Trinajstić information content (AvgIpc) is 2.36. The van der Waals surface area contributed by atoms with Crippen LogP contribution in [0.1, 0.15) is 37.8 Å². The van der Waals surface area contributed by atoms with Crippen LogP contribution in [0.3, 0.4) is 0 Å². The first-order valence-electron chi connectivity index (χ1n) is 7.20. The van der Waals surface area contributed by atoms with Crippen LogP contribution in [0, 0.1) is 13.8 Å². The van der Waals surface area contributed by atoms with Gasteiger partial charge in [0.2, 0.25) is 0 Å². The summed E-state index contributed by atoms with van der Waals surface area (Å²) in [6.45, 7) is 12.7. The molecule has 3 heteroatoms. The second-order valence-electron chi connectivity index (χ2n) is 4.95. The Kier molecular flexibility index (Phi) is 7.25. The zero-order valence-electron chi connectivity index (χ0n) is 12.6. The van der Waals surface area contributed by atoms with Crippen molar-refractivity contribution in [2.75, 3.05) is 26.2 Å². The minimum Gasteiger partial charge on any atom is -0.493 e. The van der Waals surface area contributed by atoms with Gasteiger partial charge in [0.1, 0.15) is 5.75 Å². The molecule has 0 unspecified atom stereocenters. The molecule has 1 rings (SSSR count). The van der Waals surface area contributed by atoms with Crippen molar-refractivity contribution in [1.29, 1.82) is 0 Å². The summed E-state index contributed by atoms with van der Waals surface area (Å²) in [5.41, 5.74) is 2.24. The first kappa shape index (κ1) is 16.3. The van der Waals surface area contributed by atoms with Crippen molar-refractivity contribution in [1.82, 2.24) is 4.90 Å². The van der Waals surface area contributed by atoms with Crippen molar-refractivity contribution >= 4 is 11.6 Å². The molecule has 0 aliphatic heterocycles. The lowest BCUT2D eigenvalue weighted by Crippen LogP contribution is -2.24. The summed E-state index contributed by atoms with van der Waals surface area (Å²) in [7, 11) is 0. The number of ether oxygens (including phenoxy) is 1. The molecular weight excluding hydrogens is 258 g/mol. The molecule has 0 bridgehead atoms. The van der Waals surface area contributed by atoms with Gasteiger partial charge in [0, 0.05) is 5.02 Å². The molecule has 0 heterocycles. The molecule has 0 atom stereocenters. The summed E-state index contributed by atoms with van der Waals surface area (Å²) >= 11 is 6.01. The van der Waals surface area contributed by atoms with Gasteiger partial charge in [-0.3, -0.25) is 0 Å². The number of nitrogens with zero attached hydrogens (tertiary/aromatic N) is 1. The molecule has 0 saturated heterocycles. The summed E-state index contributed by atoms with van der Waals surface area (Å²) in [5, 5.41) is 0.781. The van der Waals surface area contributed by atoms with E-state index in [0.29, 0.717) is 0 Å². The van der Waals surface area contributed by atoms with Crippen LogP contribution < -0.4 is 4.74 Å². The standard InChI is InChI=1S/C16H26ClNO/c1-5-18(6-2)9-7-8-10-19-16-13(3)11-15(17)12-14(16)4/h11-12H,5-10H2,1-4H3. The van der Waals surface area contributed by atoms with Crippen molar-refractivity contribution in [3.8, 4) is 5.75 Å². The quantitative estimate of drug-likeness (QED) is 0.653. The zero-order valence-corrected chi connectivity index (χ0v) is 13.4. The highest BCUT2D eigenvalue weighted by atomic mass is 35.5. The van der Waals surface area contributed by atoms with Crippen LogP contribution in [0.15, 0.2) is 12.1 Å². The maximum absolute atomic E-state index is 6.01. The smallest absolute Gasteiger partial charge is 0.125 e. The third-order valence-electron chi connectivity index (χ3n) is 3.43. The molecule has 0 fully saturated rings. The van der Waals surface area contributed by atoms with Crippen LogP contribution in [0.5, 0.6) is 5.75 Å². The molecule has 0 aliphatic carbocycles. The van der Waals surface area contributed by atoms with Gasteiger partial charge in [-0.15, -0.1) is 0 Å². The van der Waals surface area contributed by atoms with Gasteiger partial charge >= 0.3 is 0 Å². The van der Waals surface area contributed by atoms with Crippen LogP contribution in [0.4, 0.5) is 0 Å². The Labute approximate surface area is 122 Å². The average molecular weight is 284 g/mol.